The Bertz CT molecular complexity index is 375. The lowest BCUT2D eigenvalue weighted by Crippen LogP contribution is -2.17. The molecular weight excluding hydrogens is 240 g/mol. The molecule has 0 amide bonds. The predicted octanol–water partition coefficient (Wildman–Crippen LogP) is 3.60. The molecular formula is C11H11BrN2. The number of hydrogen-bond acceptors (Lipinski definition) is 1. The standard InChI is InChI=1S/C11H11BrN2/c1-13-10-8-9(12)4-5-11(10)14-6-2-3-7-14/h4-5,8H,2-3,6-7H2. The van der Waals surface area contributed by atoms with Crippen molar-refractivity contribution in [3.63, 3.8) is 0 Å². The van der Waals surface area contributed by atoms with Gasteiger partial charge in [-0.3, -0.25) is 0 Å². The zero-order chi connectivity index (χ0) is 9.97. The summed E-state index contributed by atoms with van der Waals surface area (Å²) in [6.07, 6.45) is 2.49. The van der Waals surface area contributed by atoms with Crippen molar-refractivity contribution in [3.05, 3.63) is 34.1 Å². The van der Waals surface area contributed by atoms with Crippen LogP contribution in [0.3, 0.4) is 0 Å². The maximum absolute atomic E-state index is 7.12. The molecule has 3 heteroatoms. The molecule has 2 nitrogen and oxygen atoms in total. The molecule has 1 aliphatic heterocycles. The third-order valence-electron chi connectivity index (χ3n) is 2.50. The average molecular weight is 251 g/mol. The van der Waals surface area contributed by atoms with Gasteiger partial charge in [0.1, 0.15) is 0 Å². The van der Waals surface area contributed by atoms with E-state index in [2.05, 4.69) is 25.7 Å². The van der Waals surface area contributed by atoms with Crippen LogP contribution in [-0.4, -0.2) is 13.1 Å². The Hall–Kier alpha value is -1.01. The van der Waals surface area contributed by atoms with Crippen molar-refractivity contribution in [1.29, 1.82) is 0 Å². The van der Waals surface area contributed by atoms with Crippen LogP contribution in [0.5, 0.6) is 0 Å². The van der Waals surface area contributed by atoms with Gasteiger partial charge >= 0.3 is 0 Å². The largest absolute Gasteiger partial charge is 0.380 e. The molecule has 0 aliphatic carbocycles. The molecule has 1 aromatic carbocycles. The van der Waals surface area contributed by atoms with E-state index in [0.29, 0.717) is 0 Å². The van der Waals surface area contributed by atoms with Crippen LogP contribution in [0.4, 0.5) is 11.4 Å². The summed E-state index contributed by atoms with van der Waals surface area (Å²) in [5.41, 5.74) is 1.84. The van der Waals surface area contributed by atoms with E-state index in [1.54, 1.807) is 0 Å². The summed E-state index contributed by atoms with van der Waals surface area (Å²) < 4.78 is 0.978. The molecule has 0 saturated carbocycles. The van der Waals surface area contributed by atoms with Crippen LogP contribution in [-0.2, 0) is 0 Å². The van der Waals surface area contributed by atoms with Crippen molar-refractivity contribution in [2.75, 3.05) is 18.0 Å². The SMILES string of the molecule is [C-]#[N+]c1cc(Br)ccc1N1CCCC1. The van der Waals surface area contributed by atoms with E-state index < -0.39 is 0 Å². The van der Waals surface area contributed by atoms with Crippen molar-refractivity contribution < 1.29 is 0 Å². The predicted molar refractivity (Wildman–Crippen MR) is 61.9 cm³/mol. The molecule has 0 radical (unpaired) electrons. The van der Waals surface area contributed by atoms with Gasteiger partial charge in [0, 0.05) is 23.2 Å². The van der Waals surface area contributed by atoms with Gasteiger partial charge in [0.25, 0.3) is 0 Å². The second kappa shape index (κ2) is 4.02. The first-order valence-electron chi connectivity index (χ1n) is 4.73. The third-order valence-corrected chi connectivity index (χ3v) is 3.00. The van der Waals surface area contributed by atoms with E-state index in [1.807, 2.05) is 18.2 Å². The van der Waals surface area contributed by atoms with E-state index in [9.17, 15) is 0 Å². The van der Waals surface area contributed by atoms with Gasteiger partial charge in [-0.25, -0.2) is 4.85 Å². The first-order chi connectivity index (χ1) is 6.81. The van der Waals surface area contributed by atoms with E-state index in [4.69, 9.17) is 6.57 Å². The fraction of sp³-hybridized carbons (Fsp3) is 0.364. The first-order valence-corrected chi connectivity index (χ1v) is 5.52. The summed E-state index contributed by atoms with van der Waals surface area (Å²) in [7, 11) is 0. The van der Waals surface area contributed by atoms with Gasteiger partial charge in [0.15, 0.2) is 0 Å². The lowest BCUT2D eigenvalue weighted by molar-refractivity contribution is 0.949. The van der Waals surface area contributed by atoms with Gasteiger partial charge in [-0.1, -0.05) is 15.9 Å². The maximum Gasteiger partial charge on any atom is 0.210 e. The highest BCUT2D eigenvalue weighted by Crippen LogP contribution is 2.33. The Labute approximate surface area is 92.5 Å². The van der Waals surface area contributed by atoms with Crippen molar-refractivity contribution in [1.82, 2.24) is 0 Å². The third kappa shape index (κ3) is 1.76. The van der Waals surface area contributed by atoms with Crippen LogP contribution in [0.15, 0.2) is 22.7 Å². The molecule has 1 saturated heterocycles. The lowest BCUT2D eigenvalue weighted by atomic mass is 10.2. The van der Waals surface area contributed by atoms with Crippen LogP contribution < -0.4 is 4.90 Å². The van der Waals surface area contributed by atoms with Crippen molar-refractivity contribution in [2.24, 2.45) is 0 Å². The fourth-order valence-electron chi connectivity index (χ4n) is 1.81. The molecule has 2 rings (SSSR count). The van der Waals surface area contributed by atoms with Crippen LogP contribution in [0.25, 0.3) is 4.85 Å². The quantitative estimate of drug-likeness (QED) is 0.692. The molecule has 0 aromatic heterocycles. The number of anilines is 1. The van der Waals surface area contributed by atoms with E-state index in [0.717, 1.165) is 28.9 Å². The number of halogens is 1. The van der Waals surface area contributed by atoms with Crippen LogP contribution in [0, 0.1) is 6.57 Å². The molecule has 1 fully saturated rings. The van der Waals surface area contributed by atoms with Crippen LogP contribution in [0.1, 0.15) is 12.8 Å². The molecule has 72 valence electrons. The minimum absolute atomic E-state index is 0.751. The van der Waals surface area contributed by atoms with Crippen molar-refractivity contribution in [3.8, 4) is 0 Å². The zero-order valence-electron chi connectivity index (χ0n) is 7.83. The molecule has 1 aromatic rings. The van der Waals surface area contributed by atoms with Gasteiger partial charge in [0.2, 0.25) is 5.69 Å². The summed E-state index contributed by atoms with van der Waals surface area (Å²) in [5.74, 6) is 0. The lowest BCUT2D eigenvalue weighted by Gasteiger charge is -2.19. The molecule has 14 heavy (non-hydrogen) atoms. The zero-order valence-corrected chi connectivity index (χ0v) is 9.42. The highest BCUT2D eigenvalue weighted by atomic mass is 79.9. The minimum Gasteiger partial charge on any atom is -0.380 e. The summed E-state index contributed by atoms with van der Waals surface area (Å²) in [6.45, 7) is 9.30. The second-order valence-electron chi connectivity index (χ2n) is 3.44. The molecule has 0 unspecified atom stereocenters. The Morgan fingerprint density at radius 1 is 1.29 bits per heavy atom. The van der Waals surface area contributed by atoms with Gasteiger partial charge in [-0.05, 0) is 31.0 Å². The molecule has 0 bridgehead atoms. The van der Waals surface area contributed by atoms with E-state index in [-0.39, 0.29) is 0 Å². The highest BCUT2D eigenvalue weighted by Gasteiger charge is 2.15. The average Bonchev–Trinajstić information content (AvgIpc) is 2.70. The van der Waals surface area contributed by atoms with Gasteiger partial charge in [0.05, 0.1) is 6.57 Å². The molecule has 0 atom stereocenters. The van der Waals surface area contributed by atoms with Crippen molar-refractivity contribution in [2.45, 2.75) is 12.8 Å². The second-order valence-corrected chi connectivity index (χ2v) is 4.35. The van der Waals surface area contributed by atoms with Crippen molar-refractivity contribution >= 4 is 27.3 Å². The summed E-state index contributed by atoms with van der Waals surface area (Å²) in [4.78, 5) is 5.85. The number of hydrogen-bond donors (Lipinski definition) is 0. The van der Waals surface area contributed by atoms with Gasteiger partial charge < -0.3 is 4.90 Å². The fourth-order valence-corrected chi connectivity index (χ4v) is 2.16. The van der Waals surface area contributed by atoms with Crippen LogP contribution >= 0.6 is 15.9 Å². The number of benzene rings is 1. The summed E-state index contributed by atoms with van der Waals surface area (Å²) >= 11 is 3.38. The monoisotopic (exact) mass is 250 g/mol. The Morgan fingerprint density at radius 2 is 2.00 bits per heavy atom. The normalized spacial score (nSPS) is 15.6. The topological polar surface area (TPSA) is 7.60 Å². The van der Waals surface area contributed by atoms with Crippen LogP contribution in [0.2, 0.25) is 0 Å². The number of rotatable bonds is 1. The van der Waals surface area contributed by atoms with Gasteiger partial charge in [-0.15, -0.1) is 0 Å². The van der Waals surface area contributed by atoms with E-state index >= 15 is 0 Å². The highest BCUT2D eigenvalue weighted by molar-refractivity contribution is 9.10. The molecule has 1 heterocycles. The molecule has 0 N–H and O–H groups in total. The smallest absolute Gasteiger partial charge is 0.210 e. The number of nitrogens with zero attached hydrogens (tertiary/aromatic N) is 2. The summed E-state index contributed by atoms with van der Waals surface area (Å²) in [6, 6.07) is 5.92. The Kier molecular flexibility index (Phi) is 2.74. The van der Waals surface area contributed by atoms with E-state index in [1.165, 1.54) is 12.8 Å². The Morgan fingerprint density at radius 3 is 2.64 bits per heavy atom. The molecule has 1 aliphatic rings. The first kappa shape index (κ1) is 9.54. The summed E-state index contributed by atoms with van der Waals surface area (Å²) in [5, 5.41) is 0. The van der Waals surface area contributed by atoms with Gasteiger partial charge in [-0.2, -0.15) is 0 Å². The maximum atomic E-state index is 7.12. The molecule has 0 spiro atoms. The Balaban J connectivity index is 2.37. The minimum atomic E-state index is 0.751.